The summed E-state index contributed by atoms with van der Waals surface area (Å²) in [6.07, 6.45) is 2.30. The predicted octanol–water partition coefficient (Wildman–Crippen LogP) is 5.59. The molecule has 0 heterocycles. The van der Waals surface area contributed by atoms with Crippen LogP contribution in [0.15, 0.2) is 53.4 Å². The van der Waals surface area contributed by atoms with Crippen LogP contribution in [0.3, 0.4) is 0 Å². The number of thioether (sulfide) groups is 1. The Bertz CT molecular complexity index is 834. The maximum absolute atomic E-state index is 11.9. The molecular formula is C23H26BrClO4S. The zero-order valence-electron chi connectivity index (χ0n) is 16.6. The van der Waals surface area contributed by atoms with Gasteiger partial charge in [0.05, 0.1) is 25.4 Å². The van der Waals surface area contributed by atoms with Crippen molar-refractivity contribution >= 4 is 45.3 Å². The summed E-state index contributed by atoms with van der Waals surface area (Å²) in [5, 5.41) is 9.55. The van der Waals surface area contributed by atoms with Crippen LogP contribution in [-0.2, 0) is 16.1 Å². The van der Waals surface area contributed by atoms with Crippen LogP contribution in [0.4, 0.5) is 0 Å². The smallest absolute Gasteiger partial charge is 0.338 e. The SMILES string of the molecule is O=C(OCCO)c1cccc(COC[C@H]2CCC(Br)[C@@H]2CSc2cccc(Cl)c2)c1. The third-order valence-electron chi connectivity index (χ3n) is 5.21. The summed E-state index contributed by atoms with van der Waals surface area (Å²) in [7, 11) is 0. The van der Waals surface area contributed by atoms with Crippen molar-refractivity contribution in [3.63, 3.8) is 0 Å². The normalized spacial score (nSPS) is 21.0. The number of hydrogen-bond acceptors (Lipinski definition) is 5. The first-order valence-corrected chi connectivity index (χ1v) is 12.3. The summed E-state index contributed by atoms with van der Waals surface area (Å²) in [6.45, 7) is 0.978. The minimum atomic E-state index is -0.429. The first-order chi connectivity index (χ1) is 14.6. The topological polar surface area (TPSA) is 55.8 Å². The van der Waals surface area contributed by atoms with E-state index in [1.807, 2.05) is 42.1 Å². The average Bonchev–Trinajstić information content (AvgIpc) is 3.10. The number of carbonyl (C=O) groups excluding carboxylic acids is 1. The monoisotopic (exact) mass is 512 g/mol. The number of aliphatic hydroxyl groups is 1. The van der Waals surface area contributed by atoms with Crippen molar-refractivity contribution in [1.82, 2.24) is 0 Å². The third-order valence-corrected chi connectivity index (χ3v) is 7.72. The molecule has 3 atom stereocenters. The number of esters is 1. The van der Waals surface area contributed by atoms with Crippen LogP contribution in [0, 0.1) is 11.8 Å². The standard InChI is InChI=1S/C23H26BrClO4S/c24-22-8-7-18(21(22)15-30-20-6-2-5-19(25)12-20)14-28-13-16-3-1-4-17(11-16)23(27)29-10-9-26/h1-6,11-12,18,21-22,26H,7-10,13-15H2/t18-,21-,22?/m1/s1. The van der Waals surface area contributed by atoms with Gasteiger partial charge in [0.15, 0.2) is 0 Å². The molecule has 4 nitrogen and oxygen atoms in total. The van der Waals surface area contributed by atoms with Gasteiger partial charge in [-0.15, -0.1) is 11.8 Å². The third kappa shape index (κ3) is 6.99. The molecule has 0 spiro atoms. The van der Waals surface area contributed by atoms with Gasteiger partial charge in [-0.25, -0.2) is 4.79 Å². The predicted molar refractivity (Wildman–Crippen MR) is 125 cm³/mol. The number of benzene rings is 2. The second-order valence-electron chi connectivity index (χ2n) is 7.36. The molecule has 0 amide bonds. The number of carbonyl (C=O) groups is 1. The second kappa shape index (κ2) is 12.1. The number of aliphatic hydroxyl groups excluding tert-OH is 1. The molecule has 0 aliphatic heterocycles. The number of rotatable bonds is 10. The van der Waals surface area contributed by atoms with Gasteiger partial charge in [-0.1, -0.05) is 45.7 Å². The van der Waals surface area contributed by atoms with Crippen LogP contribution in [0.1, 0.15) is 28.8 Å². The lowest BCUT2D eigenvalue weighted by Crippen LogP contribution is -2.21. The molecule has 2 aromatic rings. The number of alkyl halides is 1. The van der Waals surface area contributed by atoms with Gasteiger partial charge in [0.2, 0.25) is 0 Å². The summed E-state index contributed by atoms with van der Waals surface area (Å²) in [5.74, 6) is 1.63. The summed E-state index contributed by atoms with van der Waals surface area (Å²) in [5.41, 5.74) is 1.41. The first-order valence-electron chi connectivity index (χ1n) is 10.0. The highest BCUT2D eigenvalue weighted by Gasteiger charge is 2.34. The Morgan fingerprint density at radius 1 is 1.20 bits per heavy atom. The van der Waals surface area contributed by atoms with Gasteiger partial charge in [0, 0.05) is 20.5 Å². The van der Waals surface area contributed by atoms with Gasteiger partial charge >= 0.3 is 5.97 Å². The maximum Gasteiger partial charge on any atom is 0.338 e. The van der Waals surface area contributed by atoms with Crippen molar-refractivity contribution in [3.8, 4) is 0 Å². The summed E-state index contributed by atoms with van der Waals surface area (Å²) in [6, 6.07) is 15.2. The molecule has 30 heavy (non-hydrogen) atoms. The van der Waals surface area contributed by atoms with E-state index in [0.29, 0.717) is 35.4 Å². The lowest BCUT2D eigenvalue weighted by atomic mass is 9.99. The quantitative estimate of drug-likeness (QED) is 0.255. The molecule has 1 aliphatic carbocycles. The molecule has 1 fully saturated rings. The van der Waals surface area contributed by atoms with Crippen LogP contribution < -0.4 is 0 Å². The molecule has 0 aromatic heterocycles. The lowest BCUT2D eigenvalue weighted by Gasteiger charge is -2.22. The highest BCUT2D eigenvalue weighted by molar-refractivity contribution is 9.09. The van der Waals surface area contributed by atoms with Crippen LogP contribution >= 0.6 is 39.3 Å². The number of hydrogen-bond donors (Lipinski definition) is 1. The van der Waals surface area contributed by atoms with E-state index in [0.717, 1.165) is 29.2 Å². The molecule has 162 valence electrons. The fourth-order valence-corrected chi connectivity index (χ4v) is 6.29. The molecular weight excluding hydrogens is 488 g/mol. The molecule has 1 aliphatic rings. The maximum atomic E-state index is 11.9. The van der Waals surface area contributed by atoms with Crippen molar-refractivity contribution in [2.24, 2.45) is 11.8 Å². The van der Waals surface area contributed by atoms with Gasteiger partial charge < -0.3 is 14.6 Å². The molecule has 7 heteroatoms. The molecule has 1 unspecified atom stereocenters. The highest BCUT2D eigenvalue weighted by atomic mass is 79.9. The van der Waals surface area contributed by atoms with Crippen molar-refractivity contribution in [2.75, 3.05) is 25.6 Å². The Balaban J connectivity index is 1.49. The van der Waals surface area contributed by atoms with Crippen molar-refractivity contribution in [3.05, 3.63) is 64.7 Å². The molecule has 2 aromatic carbocycles. The van der Waals surface area contributed by atoms with Gasteiger partial charge in [-0.3, -0.25) is 0 Å². The molecule has 1 saturated carbocycles. The van der Waals surface area contributed by atoms with E-state index in [1.54, 1.807) is 12.1 Å². The average molecular weight is 514 g/mol. The van der Waals surface area contributed by atoms with Gasteiger partial charge in [-0.2, -0.15) is 0 Å². The van der Waals surface area contributed by atoms with E-state index in [-0.39, 0.29) is 13.2 Å². The van der Waals surface area contributed by atoms with Crippen molar-refractivity contribution < 1.29 is 19.4 Å². The fourth-order valence-electron chi connectivity index (χ4n) is 3.63. The van der Waals surface area contributed by atoms with Crippen LogP contribution in [-0.4, -0.2) is 41.5 Å². The minimum Gasteiger partial charge on any atom is -0.460 e. The highest BCUT2D eigenvalue weighted by Crippen LogP contribution is 2.40. The van der Waals surface area contributed by atoms with Crippen LogP contribution in [0.5, 0.6) is 0 Å². The Labute approximate surface area is 195 Å². The first kappa shape index (κ1) is 23.6. The van der Waals surface area contributed by atoms with E-state index in [9.17, 15) is 4.79 Å². The molecule has 0 saturated heterocycles. The van der Waals surface area contributed by atoms with Gasteiger partial charge in [0.1, 0.15) is 6.61 Å². The van der Waals surface area contributed by atoms with E-state index >= 15 is 0 Å². The number of ether oxygens (including phenoxy) is 2. The molecule has 1 N–H and O–H groups in total. The minimum absolute atomic E-state index is 0.00351. The van der Waals surface area contributed by atoms with E-state index in [1.165, 1.54) is 4.90 Å². The van der Waals surface area contributed by atoms with Gasteiger partial charge in [0.25, 0.3) is 0 Å². The molecule has 3 rings (SSSR count). The molecule has 0 bridgehead atoms. The zero-order chi connectivity index (χ0) is 21.3. The lowest BCUT2D eigenvalue weighted by molar-refractivity contribution is 0.0433. The zero-order valence-corrected chi connectivity index (χ0v) is 19.8. The van der Waals surface area contributed by atoms with Crippen LogP contribution in [0.2, 0.25) is 5.02 Å². The largest absolute Gasteiger partial charge is 0.460 e. The number of halogens is 2. The van der Waals surface area contributed by atoms with E-state index in [2.05, 4.69) is 22.0 Å². The summed E-state index contributed by atoms with van der Waals surface area (Å²) in [4.78, 5) is 13.6. The molecule has 0 radical (unpaired) electrons. The summed E-state index contributed by atoms with van der Waals surface area (Å²) >= 11 is 11.8. The Hall–Kier alpha value is -1.05. The van der Waals surface area contributed by atoms with E-state index < -0.39 is 5.97 Å². The second-order valence-corrected chi connectivity index (χ2v) is 10.1. The van der Waals surface area contributed by atoms with Gasteiger partial charge in [-0.05, 0) is 60.6 Å². The van der Waals surface area contributed by atoms with Crippen molar-refractivity contribution in [2.45, 2.75) is 29.2 Å². The Kier molecular flexibility index (Phi) is 9.53. The Morgan fingerprint density at radius 2 is 2.03 bits per heavy atom. The van der Waals surface area contributed by atoms with Crippen LogP contribution in [0.25, 0.3) is 0 Å². The Morgan fingerprint density at radius 3 is 2.83 bits per heavy atom. The van der Waals surface area contributed by atoms with E-state index in [4.69, 9.17) is 26.2 Å². The summed E-state index contributed by atoms with van der Waals surface area (Å²) < 4.78 is 11.0. The van der Waals surface area contributed by atoms with Crippen molar-refractivity contribution in [1.29, 1.82) is 0 Å². The fraction of sp³-hybridized carbons (Fsp3) is 0.435.